The average molecular weight is 315 g/mol. The predicted molar refractivity (Wildman–Crippen MR) is 90.3 cm³/mol. The number of hydrogen-bond acceptors (Lipinski definition) is 4. The number of ether oxygens (including phenoxy) is 2. The van der Waals surface area contributed by atoms with Crippen LogP contribution in [0.2, 0.25) is 0 Å². The maximum absolute atomic E-state index is 12.3. The number of carbonyl (C=O) groups excluding carboxylic acids is 1. The molecule has 0 heterocycles. The summed E-state index contributed by atoms with van der Waals surface area (Å²) >= 11 is 0. The maximum atomic E-state index is 12.3. The number of benzene rings is 1. The highest BCUT2D eigenvalue weighted by Crippen LogP contribution is 2.54. The van der Waals surface area contributed by atoms with Gasteiger partial charge < -0.3 is 14.8 Å². The topological polar surface area (TPSA) is 47.6 Å². The fourth-order valence-electron chi connectivity index (χ4n) is 4.61. The van der Waals surface area contributed by atoms with Crippen LogP contribution in [0.15, 0.2) is 24.8 Å². The second kappa shape index (κ2) is 6.00. The van der Waals surface area contributed by atoms with Crippen molar-refractivity contribution in [2.24, 2.45) is 5.92 Å². The van der Waals surface area contributed by atoms with Crippen LogP contribution in [0.1, 0.15) is 30.4 Å². The molecule has 124 valence electrons. The Bertz CT molecular complexity index is 640. The van der Waals surface area contributed by atoms with Gasteiger partial charge in [0.05, 0.1) is 14.2 Å². The van der Waals surface area contributed by atoms with E-state index in [1.165, 1.54) is 5.56 Å². The van der Waals surface area contributed by atoms with E-state index in [9.17, 15) is 4.79 Å². The van der Waals surface area contributed by atoms with Crippen LogP contribution in [0.3, 0.4) is 0 Å². The summed E-state index contributed by atoms with van der Waals surface area (Å²) in [6, 6.07) is 4.39. The predicted octanol–water partition coefficient (Wildman–Crippen LogP) is 2.64. The molecule has 0 bridgehead atoms. The van der Waals surface area contributed by atoms with E-state index >= 15 is 0 Å². The number of fused-ring (bicyclic) bond motifs is 3. The molecule has 1 saturated carbocycles. The molecular formula is C19H25NO3. The minimum absolute atomic E-state index is 0.300. The van der Waals surface area contributed by atoms with Crippen molar-refractivity contribution in [2.45, 2.75) is 37.1 Å². The molecule has 4 nitrogen and oxygen atoms in total. The molecule has 3 rings (SSSR count). The van der Waals surface area contributed by atoms with Crippen LogP contribution in [0.25, 0.3) is 0 Å². The number of Topliss-reactive ketones (excluding diaryl/α,β-unsaturated/α-hetero) is 1. The number of hydrogen-bond donors (Lipinski definition) is 1. The molecule has 3 atom stereocenters. The van der Waals surface area contributed by atoms with E-state index in [-0.39, 0.29) is 5.41 Å². The van der Waals surface area contributed by atoms with E-state index in [1.807, 2.05) is 19.2 Å². The average Bonchev–Trinajstić information content (AvgIpc) is 2.59. The van der Waals surface area contributed by atoms with Crippen molar-refractivity contribution in [2.75, 3.05) is 21.3 Å². The summed E-state index contributed by atoms with van der Waals surface area (Å²) in [6.07, 6.45) is 4.94. The van der Waals surface area contributed by atoms with Gasteiger partial charge in [-0.05, 0) is 37.4 Å². The van der Waals surface area contributed by atoms with Gasteiger partial charge in [0.1, 0.15) is 5.78 Å². The van der Waals surface area contributed by atoms with E-state index in [4.69, 9.17) is 9.47 Å². The molecule has 4 heteroatoms. The number of rotatable bonds is 4. The molecule has 1 N–H and O–H groups in total. The van der Waals surface area contributed by atoms with Gasteiger partial charge in [0.15, 0.2) is 11.5 Å². The van der Waals surface area contributed by atoms with Crippen molar-refractivity contribution in [3.63, 3.8) is 0 Å². The van der Waals surface area contributed by atoms with Crippen molar-refractivity contribution in [1.82, 2.24) is 5.32 Å². The van der Waals surface area contributed by atoms with Crippen molar-refractivity contribution in [1.29, 1.82) is 0 Å². The number of nitrogens with one attached hydrogen (secondary N) is 1. The first-order chi connectivity index (χ1) is 11.1. The van der Waals surface area contributed by atoms with Gasteiger partial charge in [0.2, 0.25) is 0 Å². The maximum Gasteiger partial charge on any atom is 0.165 e. The highest BCUT2D eigenvalue weighted by Gasteiger charge is 2.51. The number of carbonyl (C=O) groups is 1. The fraction of sp³-hybridized carbons (Fsp3) is 0.526. The van der Waals surface area contributed by atoms with Gasteiger partial charge in [0, 0.05) is 29.9 Å². The van der Waals surface area contributed by atoms with E-state index in [0.29, 0.717) is 36.3 Å². The molecule has 0 amide bonds. The smallest absolute Gasteiger partial charge is 0.165 e. The minimum Gasteiger partial charge on any atom is -0.493 e. The normalized spacial score (nSPS) is 29.4. The molecule has 2 aliphatic rings. The summed E-state index contributed by atoms with van der Waals surface area (Å²) in [5.41, 5.74) is 1.93. The second-order valence-electron chi connectivity index (χ2n) is 6.54. The zero-order valence-corrected chi connectivity index (χ0v) is 14.1. The number of likely N-dealkylation sites (N-methyl/N-ethyl adjacent to an activating group) is 1. The summed E-state index contributed by atoms with van der Waals surface area (Å²) in [6.45, 7) is 4.12. The van der Waals surface area contributed by atoms with Crippen LogP contribution < -0.4 is 14.8 Å². The lowest BCUT2D eigenvalue weighted by Crippen LogP contribution is -2.54. The lowest BCUT2D eigenvalue weighted by atomic mass is 9.55. The Balaban J connectivity index is 2.28. The Hall–Kier alpha value is -1.81. The molecular weight excluding hydrogens is 290 g/mol. The molecule has 1 aromatic carbocycles. The Morgan fingerprint density at radius 3 is 2.74 bits per heavy atom. The quantitative estimate of drug-likeness (QED) is 0.868. The lowest BCUT2D eigenvalue weighted by molar-refractivity contribution is -0.123. The van der Waals surface area contributed by atoms with E-state index in [0.717, 1.165) is 24.2 Å². The number of allylic oxidation sites excluding steroid dienone is 1. The minimum atomic E-state index is -0.378. The van der Waals surface area contributed by atoms with Crippen molar-refractivity contribution < 1.29 is 14.3 Å². The molecule has 0 aromatic heterocycles. The van der Waals surface area contributed by atoms with Crippen LogP contribution in [-0.2, 0) is 16.6 Å². The molecule has 0 aliphatic heterocycles. The largest absolute Gasteiger partial charge is 0.493 e. The molecule has 0 spiro atoms. The molecule has 0 unspecified atom stereocenters. The summed E-state index contributed by atoms with van der Waals surface area (Å²) in [5, 5.41) is 3.45. The van der Waals surface area contributed by atoms with Crippen molar-refractivity contribution >= 4 is 5.78 Å². The molecule has 23 heavy (non-hydrogen) atoms. The highest BCUT2D eigenvalue weighted by molar-refractivity contribution is 5.82. The van der Waals surface area contributed by atoms with Crippen LogP contribution in [-0.4, -0.2) is 33.1 Å². The molecule has 0 saturated heterocycles. The molecule has 1 aromatic rings. The summed E-state index contributed by atoms with van der Waals surface area (Å²) in [7, 11) is 5.31. The number of methoxy groups -OCH3 is 2. The summed E-state index contributed by atoms with van der Waals surface area (Å²) < 4.78 is 11.2. The van der Waals surface area contributed by atoms with E-state index < -0.39 is 0 Å². The second-order valence-corrected chi connectivity index (χ2v) is 6.54. The molecule has 0 radical (unpaired) electrons. The van der Waals surface area contributed by atoms with Crippen molar-refractivity contribution in [3.05, 3.63) is 35.9 Å². The third-order valence-electron chi connectivity index (χ3n) is 5.64. The zero-order valence-electron chi connectivity index (χ0n) is 14.1. The van der Waals surface area contributed by atoms with Crippen LogP contribution >= 0.6 is 0 Å². The first-order valence-corrected chi connectivity index (χ1v) is 8.18. The van der Waals surface area contributed by atoms with Gasteiger partial charge in [-0.2, -0.15) is 0 Å². The van der Waals surface area contributed by atoms with Crippen LogP contribution in [0.5, 0.6) is 11.5 Å². The van der Waals surface area contributed by atoms with Gasteiger partial charge in [0.25, 0.3) is 0 Å². The molecule has 1 fully saturated rings. The lowest BCUT2D eigenvalue weighted by Gasteiger charge is -2.50. The Morgan fingerprint density at radius 1 is 1.35 bits per heavy atom. The Morgan fingerprint density at radius 2 is 2.13 bits per heavy atom. The first kappa shape index (κ1) is 16.1. The standard InChI is InChI=1S/C19H25NO3/c1-5-19-11-13(21)7-8-14(19)15(20-2)10-12-6-9-16(22-3)18(23-4)17(12)19/h5-6,9,14-15,20H,1,7-8,10-11H2,2-4H3/t14-,15+,19+/m1/s1. The first-order valence-electron chi connectivity index (χ1n) is 8.18. The van der Waals surface area contributed by atoms with Gasteiger partial charge in [-0.15, -0.1) is 6.58 Å². The monoisotopic (exact) mass is 315 g/mol. The third kappa shape index (κ3) is 2.27. The van der Waals surface area contributed by atoms with Gasteiger partial charge in [-0.3, -0.25) is 4.79 Å². The van der Waals surface area contributed by atoms with Gasteiger partial charge in [-0.25, -0.2) is 0 Å². The summed E-state index contributed by atoms with van der Waals surface area (Å²) in [4.78, 5) is 12.3. The van der Waals surface area contributed by atoms with Crippen LogP contribution in [0, 0.1) is 5.92 Å². The molecule has 2 aliphatic carbocycles. The highest BCUT2D eigenvalue weighted by atomic mass is 16.5. The Labute approximate surface area is 137 Å². The van der Waals surface area contributed by atoms with E-state index in [1.54, 1.807) is 14.2 Å². The zero-order chi connectivity index (χ0) is 16.6. The van der Waals surface area contributed by atoms with Gasteiger partial charge in [-0.1, -0.05) is 12.1 Å². The number of ketones is 1. The SMILES string of the molecule is C=C[C@]12CC(=O)CC[C@@H]1[C@@H](NC)Cc1ccc(OC)c(OC)c12. The third-order valence-corrected chi connectivity index (χ3v) is 5.64. The van der Waals surface area contributed by atoms with Crippen molar-refractivity contribution in [3.8, 4) is 11.5 Å². The van der Waals surface area contributed by atoms with Gasteiger partial charge >= 0.3 is 0 Å². The fourth-order valence-corrected chi connectivity index (χ4v) is 4.61. The summed E-state index contributed by atoms with van der Waals surface area (Å²) in [5.74, 6) is 2.11. The Kier molecular flexibility index (Phi) is 4.19. The van der Waals surface area contributed by atoms with E-state index in [2.05, 4.69) is 18.0 Å². The van der Waals surface area contributed by atoms with Crippen LogP contribution in [0.4, 0.5) is 0 Å².